The summed E-state index contributed by atoms with van der Waals surface area (Å²) in [5, 5.41) is 2.69. The van der Waals surface area contributed by atoms with Gasteiger partial charge in [-0.2, -0.15) is 0 Å². The van der Waals surface area contributed by atoms with Gasteiger partial charge in [-0.25, -0.2) is 8.42 Å². The molecule has 1 heterocycles. The van der Waals surface area contributed by atoms with Crippen LogP contribution in [0.1, 0.15) is 31.7 Å². The summed E-state index contributed by atoms with van der Waals surface area (Å²) in [6, 6.07) is 7.34. The van der Waals surface area contributed by atoms with E-state index in [4.69, 9.17) is 4.74 Å². The van der Waals surface area contributed by atoms with Crippen molar-refractivity contribution in [3.63, 3.8) is 0 Å². The number of hydrogen-bond donors (Lipinski definition) is 1. The lowest BCUT2D eigenvalue weighted by Crippen LogP contribution is -2.38. The standard InChI is InChI=1S/C15H21NO4S/c1-11(2)12-3-5-14(6-4-12)20-9-15(17)16-13-7-8-21(18,19)10-13/h3-6,11,13H,7-10H2,1-2H3,(H,16,17)/t13-/m1/s1. The summed E-state index contributed by atoms with van der Waals surface area (Å²) in [4.78, 5) is 11.7. The van der Waals surface area contributed by atoms with Gasteiger partial charge in [0.25, 0.3) is 5.91 Å². The Hall–Kier alpha value is -1.56. The molecule has 0 unspecified atom stereocenters. The minimum Gasteiger partial charge on any atom is -0.484 e. The molecule has 1 aromatic rings. The number of carbonyl (C=O) groups is 1. The third-order valence-corrected chi connectivity index (χ3v) is 5.28. The third-order valence-electron chi connectivity index (χ3n) is 3.51. The van der Waals surface area contributed by atoms with E-state index < -0.39 is 9.84 Å². The fourth-order valence-corrected chi connectivity index (χ4v) is 3.95. The molecule has 1 atom stereocenters. The number of amides is 1. The molecule has 0 radical (unpaired) electrons. The number of ether oxygens (including phenoxy) is 1. The summed E-state index contributed by atoms with van der Waals surface area (Å²) >= 11 is 0. The van der Waals surface area contributed by atoms with Crippen LogP contribution < -0.4 is 10.1 Å². The van der Waals surface area contributed by atoms with E-state index in [1.54, 1.807) is 0 Å². The first-order chi connectivity index (χ1) is 9.85. The first-order valence-corrected chi connectivity index (χ1v) is 8.90. The van der Waals surface area contributed by atoms with Crippen LogP contribution in [0.5, 0.6) is 5.75 Å². The van der Waals surface area contributed by atoms with E-state index in [0.717, 1.165) is 0 Å². The fraction of sp³-hybridized carbons (Fsp3) is 0.533. The van der Waals surface area contributed by atoms with E-state index >= 15 is 0 Å². The Morgan fingerprint density at radius 2 is 2.00 bits per heavy atom. The van der Waals surface area contributed by atoms with Crippen molar-refractivity contribution in [2.75, 3.05) is 18.1 Å². The monoisotopic (exact) mass is 311 g/mol. The highest BCUT2D eigenvalue weighted by atomic mass is 32.2. The van der Waals surface area contributed by atoms with Crippen molar-refractivity contribution in [1.82, 2.24) is 5.32 Å². The SMILES string of the molecule is CC(C)c1ccc(OCC(=O)N[C@@H]2CCS(=O)(=O)C2)cc1. The van der Waals surface area contributed by atoms with Crippen LogP contribution in [-0.2, 0) is 14.6 Å². The maximum Gasteiger partial charge on any atom is 0.258 e. The van der Waals surface area contributed by atoms with Gasteiger partial charge in [0, 0.05) is 6.04 Å². The zero-order chi connectivity index (χ0) is 15.5. The summed E-state index contributed by atoms with van der Waals surface area (Å²) in [6.45, 7) is 4.12. The van der Waals surface area contributed by atoms with Crippen molar-refractivity contribution in [2.24, 2.45) is 0 Å². The third kappa shape index (κ3) is 4.74. The highest BCUT2D eigenvalue weighted by Gasteiger charge is 2.28. The lowest BCUT2D eigenvalue weighted by atomic mass is 10.0. The van der Waals surface area contributed by atoms with E-state index in [9.17, 15) is 13.2 Å². The number of hydrogen-bond acceptors (Lipinski definition) is 4. The van der Waals surface area contributed by atoms with Crippen LogP contribution >= 0.6 is 0 Å². The quantitative estimate of drug-likeness (QED) is 0.894. The molecular formula is C15H21NO4S. The van der Waals surface area contributed by atoms with Gasteiger partial charge in [0.05, 0.1) is 11.5 Å². The summed E-state index contributed by atoms with van der Waals surface area (Å²) in [7, 11) is -2.98. The molecule has 1 saturated heterocycles. The Kier molecular flexibility index (Phi) is 4.88. The Labute approximate surface area is 125 Å². The molecule has 1 fully saturated rings. The first kappa shape index (κ1) is 15.8. The minimum atomic E-state index is -2.98. The zero-order valence-corrected chi connectivity index (χ0v) is 13.2. The maximum absolute atomic E-state index is 11.7. The molecular weight excluding hydrogens is 290 g/mol. The van der Waals surface area contributed by atoms with E-state index in [1.165, 1.54) is 5.56 Å². The smallest absolute Gasteiger partial charge is 0.258 e. The van der Waals surface area contributed by atoms with Gasteiger partial charge in [0.1, 0.15) is 5.75 Å². The molecule has 21 heavy (non-hydrogen) atoms. The number of rotatable bonds is 5. The Balaban J connectivity index is 1.79. The van der Waals surface area contributed by atoms with Gasteiger partial charge in [0.15, 0.2) is 16.4 Å². The minimum absolute atomic E-state index is 0.0296. The molecule has 0 spiro atoms. The Bertz CT molecular complexity index is 593. The van der Waals surface area contributed by atoms with E-state index in [0.29, 0.717) is 18.1 Å². The van der Waals surface area contributed by atoms with Crippen LogP contribution in [0.25, 0.3) is 0 Å². The van der Waals surface area contributed by atoms with E-state index in [-0.39, 0.29) is 30.1 Å². The molecule has 1 N–H and O–H groups in total. The van der Waals surface area contributed by atoms with Gasteiger partial charge < -0.3 is 10.1 Å². The van der Waals surface area contributed by atoms with Crippen LogP contribution in [0.2, 0.25) is 0 Å². The largest absolute Gasteiger partial charge is 0.484 e. The van der Waals surface area contributed by atoms with Crippen molar-refractivity contribution in [2.45, 2.75) is 32.2 Å². The van der Waals surface area contributed by atoms with Crippen molar-refractivity contribution >= 4 is 15.7 Å². The highest BCUT2D eigenvalue weighted by molar-refractivity contribution is 7.91. The molecule has 5 nitrogen and oxygen atoms in total. The number of sulfone groups is 1. The number of nitrogens with one attached hydrogen (secondary N) is 1. The van der Waals surface area contributed by atoms with Gasteiger partial charge in [-0.1, -0.05) is 26.0 Å². The Morgan fingerprint density at radius 1 is 1.33 bits per heavy atom. The van der Waals surface area contributed by atoms with Crippen LogP contribution in [0.3, 0.4) is 0 Å². The summed E-state index contributed by atoms with van der Waals surface area (Å²) in [5.74, 6) is 0.974. The van der Waals surface area contributed by atoms with Crippen LogP contribution in [-0.4, -0.2) is 38.5 Å². The molecule has 0 saturated carbocycles. The van der Waals surface area contributed by atoms with Gasteiger partial charge in [-0.15, -0.1) is 0 Å². The maximum atomic E-state index is 11.7. The highest BCUT2D eigenvalue weighted by Crippen LogP contribution is 2.18. The average molecular weight is 311 g/mol. The second-order valence-corrected chi connectivity index (χ2v) is 7.91. The molecule has 1 aromatic carbocycles. The fourth-order valence-electron chi connectivity index (χ4n) is 2.28. The van der Waals surface area contributed by atoms with E-state index in [2.05, 4.69) is 19.2 Å². The summed E-state index contributed by atoms with van der Waals surface area (Å²) < 4.78 is 28.0. The van der Waals surface area contributed by atoms with Gasteiger partial charge >= 0.3 is 0 Å². The number of carbonyl (C=O) groups excluding carboxylic acids is 1. The molecule has 1 amide bonds. The van der Waals surface area contributed by atoms with Crippen LogP contribution in [0.15, 0.2) is 24.3 Å². The van der Waals surface area contributed by atoms with Crippen molar-refractivity contribution < 1.29 is 17.9 Å². The first-order valence-electron chi connectivity index (χ1n) is 7.08. The van der Waals surface area contributed by atoms with Crippen molar-refractivity contribution in [3.05, 3.63) is 29.8 Å². The predicted octanol–water partition coefficient (Wildman–Crippen LogP) is 1.49. The van der Waals surface area contributed by atoms with Gasteiger partial charge in [0.2, 0.25) is 0 Å². The second-order valence-electron chi connectivity index (χ2n) is 5.68. The second kappa shape index (κ2) is 6.47. The molecule has 116 valence electrons. The van der Waals surface area contributed by atoms with Crippen molar-refractivity contribution in [1.29, 1.82) is 0 Å². The zero-order valence-electron chi connectivity index (χ0n) is 12.3. The topological polar surface area (TPSA) is 72.5 Å². The molecule has 0 aliphatic carbocycles. The summed E-state index contributed by atoms with van der Waals surface area (Å²) in [5.41, 5.74) is 1.21. The van der Waals surface area contributed by atoms with Crippen molar-refractivity contribution in [3.8, 4) is 5.75 Å². The van der Waals surface area contributed by atoms with Crippen LogP contribution in [0, 0.1) is 0 Å². The predicted molar refractivity (Wildman–Crippen MR) is 81.2 cm³/mol. The molecule has 0 bridgehead atoms. The molecule has 1 aliphatic rings. The van der Waals surface area contributed by atoms with Crippen LogP contribution in [0.4, 0.5) is 0 Å². The average Bonchev–Trinajstić information content (AvgIpc) is 2.76. The van der Waals surface area contributed by atoms with Gasteiger partial charge in [-0.3, -0.25) is 4.79 Å². The normalized spacial score (nSPS) is 20.4. The summed E-state index contributed by atoms with van der Waals surface area (Å²) in [6.07, 6.45) is 0.483. The van der Waals surface area contributed by atoms with Gasteiger partial charge in [-0.05, 0) is 30.0 Å². The lowest BCUT2D eigenvalue weighted by Gasteiger charge is -2.12. The molecule has 2 rings (SSSR count). The van der Waals surface area contributed by atoms with E-state index in [1.807, 2.05) is 24.3 Å². The molecule has 0 aromatic heterocycles. The lowest BCUT2D eigenvalue weighted by molar-refractivity contribution is -0.123. The molecule has 6 heteroatoms. The molecule has 1 aliphatic heterocycles. The Morgan fingerprint density at radius 3 is 2.52 bits per heavy atom. The number of benzene rings is 1.